The Kier molecular flexibility index (Phi) is 4.10. The summed E-state index contributed by atoms with van der Waals surface area (Å²) in [4.78, 5) is 0. The van der Waals surface area contributed by atoms with Gasteiger partial charge in [0.1, 0.15) is 23.3 Å². The van der Waals surface area contributed by atoms with Gasteiger partial charge in [0.2, 0.25) is 0 Å². The van der Waals surface area contributed by atoms with E-state index in [0.29, 0.717) is 21.3 Å². The second-order valence-electron chi connectivity index (χ2n) is 3.93. The summed E-state index contributed by atoms with van der Waals surface area (Å²) in [6, 6.07) is 3.70. The van der Waals surface area contributed by atoms with E-state index in [1.807, 2.05) is 22.6 Å². The molecule has 2 aromatic rings. The summed E-state index contributed by atoms with van der Waals surface area (Å²) in [6.07, 6.45) is 0. The Morgan fingerprint density at radius 3 is 2.00 bits per heavy atom. The van der Waals surface area contributed by atoms with Crippen molar-refractivity contribution < 1.29 is 17.6 Å². The van der Waals surface area contributed by atoms with E-state index in [4.69, 9.17) is 5.73 Å². The molecule has 0 spiro atoms. The predicted octanol–water partition coefficient (Wildman–Crippen LogP) is 3.90. The lowest BCUT2D eigenvalue weighted by atomic mass is 9.98. The number of hydrogen-bond acceptors (Lipinski definition) is 1. The summed E-state index contributed by atoms with van der Waals surface area (Å²) in [5, 5.41) is 0. The zero-order valence-corrected chi connectivity index (χ0v) is 11.6. The van der Waals surface area contributed by atoms with Crippen LogP contribution in [0.1, 0.15) is 17.2 Å². The fourth-order valence-electron chi connectivity index (χ4n) is 1.76. The molecule has 1 atom stereocenters. The summed E-state index contributed by atoms with van der Waals surface area (Å²) in [5.41, 5.74) is 5.72. The number of nitrogens with two attached hydrogens (primary N) is 1. The van der Waals surface area contributed by atoms with Crippen molar-refractivity contribution in [2.24, 2.45) is 5.73 Å². The summed E-state index contributed by atoms with van der Waals surface area (Å²) in [5.74, 6) is -3.62. The highest BCUT2D eigenvalue weighted by atomic mass is 127. The van der Waals surface area contributed by atoms with Gasteiger partial charge in [0.05, 0.1) is 6.04 Å². The smallest absolute Gasteiger partial charge is 0.134 e. The molecule has 0 aliphatic rings. The average Bonchev–Trinajstić information content (AvgIpc) is 2.26. The minimum Gasteiger partial charge on any atom is -0.320 e. The van der Waals surface area contributed by atoms with Crippen LogP contribution in [0, 0.1) is 26.8 Å². The van der Waals surface area contributed by atoms with Gasteiger partial charge in [-0.05, 0) is 40.3 Å². The fraction of sp³-hybridized carbons (Fsp3) is 0.0769. The fourth-order valence-corrected chi connectivity index (χ4v) is 2.57. The molecule has 0 aliphatic carbocycles. The average molecular weight is 381 g/mol. The van der Waals surface area contributed by atoms with Crippen molar-refractivity contribution in [3.63, 3.8) is 0 Å². The van der Waals surface area contributed by atoms with Crippen LogP contribution in [-0.2, 0) is 0 Å². The van der Waals surface area contributed by atoms with Crippen LogP contribution in [0.25, 0.3) is 0 Å². The third-order valence-corrected chi connectivity index (χ3v) is 3.59. The molecule has 0 saturated carbocycles. The first-order valence-corrected chi connectivity index (χ1v) is 6.33. The maximum absolute atomic E-state index is 13.6. The molecule has 0 fully saturated rings. The molecule has 2 N–H and O–H groups in total. The Morgan fingerprint density at radius 2 is 1.47 bits per heavy atom. The van der Waals surface area contributed by atoms with Gasteiger partial charge >= 0.3 is 0 Å². The van der Waals surface area contributed by atoms with Gasteiger partial charge in [-0.15, -0.1) is 0 Å². The predicted molar refractivity (Wildman–Crippen MR) is 71.5 cm³/mol. The maximum atomic E-state index is 13.6. The first-order valence-electron chi connectivity index (χ1n) is 5.25. The van der Waals surface area contributed by atoms with Gasteiger partial charge in [-0.1, -0.05) is 6.07 Å². The van der Waals surface area contributed by atoms with Crippen molar-refractivity contribution in [1.82, 2.24) is 0 Å². The quantitative estimate of drug-likeness (QED) is 0.620. The van der Waals surface area contributed by atoms with Gasteiger partial charge < -0.3 is 5.73 Å². The Morgan fingerprint density at radius 1 is 0.895 bits per heavy atom. The van der Waals surface area contributed by atoms with Crippen molar-refractivity contribution in [1.29, 1.82) is 0 Å². The maximum Gasteiger partial charge on any atom is 0.134 e. The van der Waals surface area contributed by atoms with Gasteiger partial charge in [-0.2, -0.15) is 0 Å². The van der Waals surface area contributed by atoms with Crippen molar-refractivity contribution in [3.8, 4) is 0 Å². The van der Waals surface area contributed by atoms with E-state index in [2.05, 4.69) is 0 Å². The molecular weight excluding hydrogens is 373 g/mol. The molecule has 0 amide bonds. The lowest BCUT2D eigenvalue weighted by molar-refractivity contribution is 0.514. The standard InChI is InChI=1S/C13H8F4IN/c14-6-1-2-8(11(18)5-6)13(19)12-9(16)3-7(15)4-10(12)17/h1-5,13H,19H2. The largest absolute Gasteiger partial charge is 0.320 e. The topological polar surface area (TPSA) is 26.0 Å². The van der Waals surface area contributed by atoms with Crippen LogP contribution in [0.4, 0.5) is 17.6 Å². The van der Waals surface area contributed by atoms with E-state index in [-0.39, 0.29) is 0 Å². The van der Waals surface area contributed by atoms with Crippen molar-refractivity contribution >= 4 is 22.6 Å². The van der Waals surface area contributed by atoms with Crippen LogP contribution < -0.4 is 5.73 Å². The van der Waals surface area contributed by atoms with Gasteiger partial charge in [0, 0.05) is 21.3 Å². The van der Waals surface area contributed by atoms with Crippen LogP contribution in [0.2, 0.25) is 0 Å². The molecule has 0 aliphatic heterocycles. The molecule has 0 aromatic heterocycles. The highest BCUT2D eigenvalue weighted by Gasteiger charge is 2.21. The second kappa shape index (κ2) is 5.46. The number of benzene rings is 2. The normalized spacial score (nSPS) is 12.5. The monoisotopic (exact) mass is 381 g/mol. The van der Waals surface area contributed by atoms with E-state index in [1.54, 1.807) is 0 Å². The van der Waals surface area contributed by atoms with Crippen molar-refractivity contribution in [2.75, 3.05) is 0 Å². The molecule has 2 rings (SSSR count). The molecule has 19 heavy (non-hydrogen) atoms. The van der Waals surface area contributed by atoms with Gasteiger partial charge in [-0.25, -0.2) is 17.6 Å². The minimum absolute atomic E-state index is 0.367. The molecule has 2 aromatic carbocycles. The highest BCUT2D eigenvalue weighted by Crippen LogP contribution is 2.29. The SMILES string of the molecule is NC(c1ccc(F)cc1I)c1c(F)cc(F)cc1F. The molecule has 0 saturated heterocycles. The van der Waals surface area contributed by atoms with Crippen LogP contribution in [-0.4, -0.2) is 0 Å². The molecule has 1 nitrogen and oxygen atoms in total. The first-order chi connectivity index (χ1) is 8.90. The zero-order valence-electron chi connectivity index (χ0n) is 9.43. The van der Waals surface area contributed by atoms with E-state index in [1.165, 1.54) is 12.1 Å². The van der Waals surface area contributed by atoms with Crippen LogP contribution in [0.15, 0.2) is 30.3 Å². The number of rotatable bonds is 2. The third kappa shape index (κ3) is 2.89. The Balaban J connectivity index is 2.53. The van der Waals surface area contributed by atoms with Crippen molar-refractivity contribution in [2.45, 2.75) is 6.04 Å². The summed E-state index contributed by atoms with van der Waals surface area (Å²) in [6.45, 7) is 0. The number of hydrogen-bond donors (Lipinski definition) is 1. The lowest BCUT2D eigenvalue weighted by Crippen LogP contribution is -2.17. The zero-order chi connectivity index (χ0) is 14.2. The Bertz CT molecular complexity index is 607. The van der Waals surface area contributed by atoms with E-state index >= 15 is 0 Å². The van der Waals surface area contributed by atoms with Gasteiger partial charge in [-0.3, -0.25) is 0 Å². The Hall–Kier alpha value is -1.15. The highest BCUT2D eigenvalue weighted by molar-refractivity contribution is 14.1. The summed E-state index contributed by atoms with van der Waals surface area (Å²) < 4.78 is 53.5. The molecule has 100 valence electrons. The second-order valence-corrected chi connectivity index (χ2v) is 5.09. The molecule has 1 unspecified atom stereocenters. The first kappa shape index (κ1) is 14.3. The molecule has 6 heteroatoms. The van der Waals surface area contributed by atoms with E-state index in [0.717, 1.165) is 6.07 Å². The molecule has 0 bridgehead atoms. The van der Waals surface area contributed by atoms with Gasteiger partial charge in [0.15, 0.2) is 0 Å². The number of halogens is 5. The molecule has 0 heterocycles. The van der Waals surface area contributed by atoms with Crippen LogP contribution in [0.5, 0.6) is 0 Å². The third-order valence-electron chi connectivity index (χ3n) is 2.65. The molecule has 0 radical (unpaired) electrons. The Labute approximate surface area is 120 Å². The lowest BCUT2D eigenvalue weighted by Gasteiger charge is -2.16. The van der Waals surface area contributed by atoms with E-state index in [9.17, 15) is 17.6 Å². The molecular formula is C13H8F4IN. The van der Waals surface area contributed by atoms with Crippen molar-refractivity contribution in [3.05, 3.63) is 68.3 Å². The summed E-state index contributed by atoms with van der Waals surface area (Å²) in [7, 11) is 0. The summed E-state index contributed by atoms with van der Waals surface area (Å²) >= 11 is 1.82. The van der Waals surface area contributed by atoms with E-state index < -0.39 is 34.9 Å². The minimum atomic E-state index is -1.13. The van der Waals surface area contributed by atoms with Crippen LogP contribution >= 0.6 is 22.6 Å². The van der Waals surface area contributed by atoms with Gasteiger partial charge in [0.25, 0.3) is 0 Å². The van der Waals surface area contributed by atoms with Crippen LogP contribution in [0.3, 0.4) is 0 Å².